The van der Waals surface area contributed by atoms with Crippen LogP contribution in [0.15, 0.2) is 12.1 Å². The van der Waals surface area contributed by atoms with Gasteiger partial charge in [0.1, 0.15) is 0 Å². The highest BCUT2D eigenvalue weighted by Crippen LogP contribution is 2.35. The molecular weight excluding hydrogens is 196 g/mol. The Morgan fingerprint density at radius 1 is 1.50 bits per heavy atom. The summed E-state index contributed by atoms with van der Waals surface area (Å²) >= 11 is 6.23. The van der Waals surface area contributed by atoms with Gasteiger partial charge in [0.15, 0.2) is 0 Å². The van der Waals surface area contributed by atoms with Gasteiger partial charge in [0.2, 0.25) is 0 Å². The first-order valence-corrected chi connectivity index (χ1v) is 5.36. The van der Waals surface area contributed by atoms with Crippen LogP contribution >= 0.6 is 11.6 Å². The standard InChI is InChI=1S/C11H15ClN2/c1-7-4-5-8-9(13)3-2-6-14-11(8)10(7)12/h4-5,9,14H,2-3,6,13H2,1H3. The molecule has 0 aromatic heterocycles. The largest absolute Gasteiger partial charge is 0.384 e. The van der Waals surface area contributed by atoms with E-state index in [0.717, 1.165) is 41.2 Å². The molecular formula is C11H15ClN2. The van der Waals surface area contributed by atoms with Gasteiger partial charge >= 0.3 is 0 Å². The molecule has 1 aromatic carbocycles. The summed E-state index contributed by atoms with van der Waals surface area (Å²) in [6.45, 7) is 2.98. The number of nitrogens with one attached hydrogen (secondary N) is 1. The molecule has 0 bridgehead atoms. The maximum absolute atomic E-state index is 6.23. The predicted octanol–water partition coefficient (Wildman–Crippen LogP) is 2.85. The topological polar surface area (TPSA) is 38.0 Å². The molecule has 2 nitrogen and oxygen atoms in total. The fourth-order valence-corrected chi connectivity index (χ4v) is 2.11. The molecule has 0 fully saturated rings. The number of anilines is 1. The molecule has 2 rings (SSSR count). The van der Waals surface area contributed by atoms with E-state index in [1.165, 1.54) is 0 Å². The molecule has 0 radical (unpaired) electrons. The molecule has 0 amide bonds. The Kier molecular flexibility index (Phi) is 2.66. The monoisotopic (exact) mass is 210 g/mol. The normalized spacial score (nSPS) is 20.9. The van der Waals surface area contributed by atoms with Crippen LogP contribution in [0.2, 0.25) is 5.02 Å². The summed E-state index contributed by atoms with van der Waals surface area (Å²) < 4.78 is 0. The van der Waals surface area contributed by atoms with Crippen LogP contribution in [-0.4, -0.2) is 6.54 Å². The molecule has 1 heterocycles. The molecule has 0 aliphatic carbocycles. The second kappa shape index (κ2) is 3.79. The van der Waals surface area contributed by atoms with Gasteiger partial charge in [-0.1, -0.05) is 23.7 Å². The Morgan fingerprint density at radius 3 is 3.07 bits per heavy atom. The summed E-state index contributed by atoms with van der Waals surface area (Å²) in [6, 6.07) is 4.24. The number of hydrogen-bond donors (Lipinski definition) is 2. The first-order chi connectivity index (χ1) is 6.70. The second-order valence-electron chi connectivity index (χ2n) is 3.84. The van der Waals surface area contributed by atoms with E-state index < -0.39 is 0 Å². The number of rotatable bonds is 0. The Labute approximate surface area is 89.4 Å². The van der Waals surface area contributed by atoms with Crippen LogP contribution in [0.5, 0.6) is 0 Å². The van der Waals surface area contributed by atoms with Crippen LogP contribution in [0.1, 0.15) is 30.0 Å². The average molecular weight is 211 g/mol. The van der Waals surface area contributed by atoms with Gasteiger partial charge in [0, 0.05) is 12.6 Å². The van der Waals surface area contributed by atoms with Gasteiger partial charge in [0.05, 0.1) is 10.7 Å². The van der Waals surface area contributed by atoms with Crippen molar-refractivity contribution in [2.45, 2.75) is 25.8 Å². The van der Waals surface area contributed by atoms with Crippen LogP contribution < -0.4 is 11.1 Å². The van der Waals surface area contributed by atoms with Crippen LogP contribution in [0.25, 0.3) is 0 Å². The van der Waals surface area contributed by atoms with Gasteiger partial charge in [-0.2, -0.15) is 0 Å². The molecule has 3 heteroatoms. The number of nitrogens with two attached hydrogens (primary N) is 1. The molecule has 14 heavy (non-hydrogen) atoms. The molecule has 1 aliphatic rings. The molecule has 0 spiro atoms. The zero-order valence-corrected chi connectivity index (χ0v) is 9.06. The first kappa shape index (κ1) is 9.81. The lowest BCUT2D eigenvalue weighted by molar-refractivity contribution is 0.642. The highest BCUT2D eigenvalue weighted by Gasteiger charge is 2.17. The third-order valence-electron chi connectivity index (χ3n) is 2.76. The smallest absolute Gasteiger partial charge is 0.0670 e. The lowest BCUT2D eigenvalue weighted by Crippen LogP contribution is -2.09. The third kappa shape index (κ3) is 1.60. The predicted molar refractivity (Wildman–Crippen MR) is 60.8 cm³/mol. The van der Waals surface area contributed by atoms with Crippen molar-refractivity contribution in [2.75, 3.05) is 11.9 Å². The van der Waals surface area contributed by atoms with Crippen molar-refractivity contribution < 1.29 is 0 Å². The number of benzene rings is 1. The van der Waals surface area contributed by atoms with E-state index in [0.29, 0.717) is 0 Å². The molecule has 0 saturated carbocycles. The number of halogens is 1. The van der Waals surface area contributed by atoms with Gasteiger partial charge in [-0.15, -0.1) is 0 Å². The summed E-state index contributed by atoms with van der Waals surface area (Å²) in [5.41, 5.74) is 9.36. The van der Waals surface area contributed by atoms with E-state index in [4.69, 9.17) is 17.3 Å². The minimum absolute atomic E-state index is 0.123. The van der Waals surface area contributed by atoms with E-state index in [2.05, 4.69) is 11.4 Å². The molecule has 0 saturated heterocycles. The van der Waals surface area contributed by atoms with Crippen LogP contribution in [-0.2, 0) is 0 Å². The van der Waals surface area contributed by atoms with Gasteiger partial charge in [-0.25, -0.2) is 0 Å². The number of fused-ring (bicyclic) bond motifs is 1. The zero-order chi connectivity index (χ0) is 10.1. The maximum Gasteiger partial charge on any atom is 0.0670 e. The maximum atomic E-state index is 6.23. The minimum atomic E-state index is 0.123. The van der Waals surface area contributed by atoms with Crippen LogP contribution in [0, 0.1) is 6.92 Å². The molecule has 1 aromatic rings. The van der Waals surface area contributed by atoms with E-state index in [9.17, 15) is 0 Å². The summed E-state index contributed by atoms with van der Waals surface area (Å²) in [4.78, 5) is 0. The highest BCUT2D eigenvalue weighted by atomic mass is 35.5. The highest BCUT2D eigenvalue weighted by molar-refractivity contribution is 6.34. The SMILES string of the molecule is Cc1ccc2c(c1Cl)NCCCC2N. The fraction of sp³-hybridized carbons (Fsp3) is 0.455. The summed E-state index contributed by atoms with van der Waals surface area (Å²) in [6.07, 6.45) is 2.13. The van der Waals surface area contributed by atoms with E-state index >= 15 is 0 Å². The van der Waals surface area contributed by atoms with E-state index in [1.54, 1.807) is 0 Å². The molecule has 76 valence electrons. The first-order valence-electron chi connectivity index (χ1n) is 4.98. The lowest BCUT2D eigenvalue weighted by Gasteiger charge is -2.15. The molecule has 1 atom stereocenters. The fourth-order valence-electron chi connectivity index (χ4n) is 1.87. The average Bonchev–Trinajstić information content (AvgIpc) is 2.35. The van der Waals surface area contributed by atoms with E-state index in [1.807, 2.05) is 13.0 Å². The van der Waals surface area contributed by atoms with Gasteiger partial charge in [-0.3, -0.25) is 0 Å². The van der Waals surface area contributed by atoms with Crippen molar-refractivity contribution in [3.05, 3.63) is 28.3 Å². The van der Waals surface area contributed by atoms with Crippen molar-refractivity contribution in [1.29, 1.82) is 0 Å². The Hall–Kier alpha value is -0.730. The summed E-state index contributed by atoms with van der Waals surface area (Å²) in [5.74, 6) is 0. The molecule has 1 aliphatic heterocycles. The van der Waals surface area contributed by atoms with Crippen molar-refractivity contribution in [1.82, 2.24) is 0 Å². The Morgan fingerprint density at radius 2 is 2.29 bits per heavy atom. The third-order valence-corrected chi connectivity index (χ3v) is 3.25. The quantitative estimate of drug-likeness (QED) is 0.691. The zero-order valence-electron chi connectivity index (χ0n) is 8.31. The second-order valence-corrected chi connectivity index (χ2v) is 4.21. The van der Waals surface area contributed by atoms with Crippen molar-refractivity contribution in [3.63, 3.8) is 0 Å². The number of aryl methyl sites for hydroxylation is 1. The molecule has 1 unspecified atom stereocenters. The molecule has 3 N–H and O–H groups in total. The van der Waals surface area contributed by atoms with Gasteiger partial charge in [-0.05, 0) is 30.9 Å². The van der Waals surface area contributed by atoms with Gasteiger partial charge < -0.3 is 11.1 Å². The van der Waals surface area contributed by atoms with Crippen molar-refractivity contribution in [2.24, 2.45) is 5.73 Å². The Bertz CT molecular complexity index is 349. The van der Waals surface area contributed by atoms with Crippen molar-refractivity contribution >= 4 is 17.3 Å². The van der Waals surface area contributed by atoms with Crippen LogP contribution in [0.4, 0.5) is 5.69 Å². The number of hydrogen-bond acceptors (Lipinski definition) is 2. The lowest BCUT2D eigenvalue weighted by atomic mass is 10.0. The summed E-state index contributed by atoms with van der Waals surface area (Å²) in [5, 5.41) is 4.17. The van der Waals surface area contributed by atoms with Crippen molar-refractivity contribution in [3.8, 4) is 0 Å². The van der Waals surface area contributed by atoms with Crippen LogP contribution in [0.3, 0.4) is 0 Å². The Balaban J connectivity index is 2.53. The minimum Gasteiger partial charge on any atom is -0.384 e. The van der Waals surface area contributed by atoms with Gasteiger partial charge in [0.25, 0.3) is 0 Å². The van der Waals surface area contributed by atoms with E-state index in [-0.39, 0.29) is 6.04 Å². The summed E-state index contributed by atoms with van der Waals surface area (Å²) in [7, 11) is 0.